The summed E-state index contributed by atoms with van der Waals surface area (Å²) in [5.74, 6) is -7.64. The number of hydrogen-bond donors (Lipinski definition) is 0. The molecular formula is C11H12ClF5N2O. The van der Waals surface area contributed by atoms with Crippen LogP contribution in [-0.2, 0) is 24.2 Å². The molecule has 0 aliphatic heterocycles. The van der Waals surface area contributed by atoms with Gasteiger partial charge in [0.2, 0.25) is 5.78 Å². The highest BCUT2D eigenvalue weighted by molar-refractivity contribution is 6.32. The predicted octanol–water partition coefficient (Wildman–Crippen LogP) is 3.43. The van der Waals surface area contributed by atoms with E-state index in [1.54, 1.807) is 13.8 Å². The van der Waals surface area contributed by atoms with Crippen molar-refractivity contribution in [3.8, 4) is 0 Å². The molecule has 1 heterocycles. The maximum absolute atomic E-state index is 12.9. The summed E-state index contributed by atoms with van der Waals surface area (Å²) in [5.41, 5.74) is 0.228. The summed E-state index contributed by atoms with van der Waals surface area (Å²) in [6.45, 7) is 3.52. The van der Waals surface area contributed by atoms with Crippen molar-refractivity contribution in [1.82, 2.24) is 9.78 Å². The van der Waals surface area contributed by atoms with Gasteiger partial charge in [-0.3, -0.25) is 9.48 Å². The first-order chi connectivity index (χ1) is 9.06. The topological polar surface area (TPSA) is 34.9 Å². The maximum atomic E-state index is 12.9. The van der Waals surface area contributed by atoms with Crippen LogP contribution >= 0.6 is 11.6 Å². The SMILES string of the molecule is CCc1nn(CC)c(CC(=O)C(F)(F)C(F)(F)F)c1Cl. The number of alkyl halides is 5. The van der Waals surface area contributed by atoms with Crippen molar-refractivity contribution in [2.24, 2.45) is 0 Å². The number of carbonyl (C=O) groups is 1. The van der Waals surface area contributed by atoms with Gasteiger partial charge in [-0.1, -0.05) is 18.5 Å². The molecular weight excluding hydrogens is 307 g/mol. The van der Waals surface area contributed by atoms with E-state index >= 15 is 0 Å². The normalized spacial score (nSPS) is 12.8. The van der Waals surface area contributed by atoms with E-state index in [1.165, 1.54) is 0 Å². The van der Waals surface area contributed by atoms with E-state index in [2.05, 4.69) is 5.10 Å². The van der Waals surface area contributed by atoms with Crippen molar-refractivity contribution in [2.75, 3.05) is 0 Å². The molecule has 0 bridgehead atoms. The predicted molar refractivity (Wildman–Crippen MR) is 62.0 cm³/mol. The fraction of sp³-hybridized carbons (Fsp3) is 0.636. The van der Waals surface area contributed by atoms with Gasteiger partial charge in [-0.05, 0) is 13.3 Å². The van der Waals surface area contributed by atoms with E-state index in [-0.39, 0.29) is 17.3 Å². The molecule has 0 unspecified atom stereocenters. The van der Waals surface area contributed by atoms with Crippen LogP contribution in [-0.4, -0.2) is 27.7 Å². The van der Waals surface area contributed by atoms with Crippen molar-refractivity contribution in [1.29, 1.82) is 0 Å². The summed E-state index contributed by atoms with van der Waals surface area (Å²) in [7, 11) is 0. The standard InChI is InChI=1S/C11H12ClF5N2O/c1-3-6-9(12)7(19(4-2)18-6)5-8(20)10(13,14)11(15,16)17/h3-5H2,1-2H3. The zero-order valence-corrected chi connectivity index (χ0v) is 11.4. The van der Waals surface area contributed by atoms with Crippen LogP contribution in [0.3, 0.4) is 0 Å². The molecule has 114 valence electrons. The molecule has 1 rings (SSSR count). The van der Waals surface area contributed by atoms with Gasteiger partial charge in [0.15, 0.2) is 0 Å². The summed E-state index contributed by atoms with van der Waals surface area (Å²) in [5, 5.41) is 3.91. The summed E-state index contributed by atoms with van der Waals surface area (Å²) in [6, 6.07) is 0. The fourth-order valence-corrected chi connectivity index (χ4v) is 1.94. The van der Waals surface area contributed by atoms with E-state index < -0.39 is 24.3 Å². The third kappa shape index (κ3) is 2.94. The van der Waals surface area contributed by atoms with Gasteiger partial charge >= 0.3 is 12.1 Å². The largest absolute Gasteiger partial charge is 0.461 e. The Balaban J connectivity index is 3.11. The Bertz CT molecular complexity index is 510. The van der Waals surface area contributed by atoms with Crippen molar-refractivity contribution in [2.45, 2.75) is 45.3 Å². The summed E-state index contributed by atoms with van der Waals surface area (Å²) in [6.07, 6.45) is -6.66. The maximum Gasteiger partial charge on any atom is 0.461 e. The molecule has 0 atom stereocenters. The molecule has 0 spiro atoms. The van der Waals surface area contributed by atoms with Gasteiger partial charge < -0.3 is 0 Å². The van der Waals surface area contributed by atoms with Crippen molar-refractivity contribution in [3.63, 3.8) is 0 Å². The third-order valence-corrected chi connectivity index (χ3v) is 3.16. The van der Waals surface area contributed by atoms with Crippen molar-refractivity contribution in [3.05, 3.63) is 16.4 Å². The molecule has 0 radical (unpaired) electrons. The Hall–Kier alpha value is -1.18. The first-order valence-corrected chi connectivity index (χ1v) is 6.15. The fourth-order valence-electron chi connectivity index (χ4n) is 1.61. The summed E-state index contributed by atoms with van der Waals surface area (Å²) < 4.78 is 63.3. The van der Waals surface area contributed by atoms with Crippen LogP contribution < -0.4 is 0 Å². The lowest BCUT2D eigenvalue weighted by atomic mass is 10.1. The highest BCUT2D eigenvalue weighted by atomic mass is 35.5. The van der Waals surface area contributed by atoms with Crippen LogP contribution in [0, 0.1) is 0 Å². The zero-order valence-electron chi connectivity index (χ0n) is 10.7. The number of aryl methyl sites for hydroxylation is 2. The number of aromatic nitrogens is 2. The zero-order chi connectivity index (χ0) is 15.7. The Morgan fingerprint density at radius 1 is 1.25 bits per heavy atom. The molecule has 9 heteroatoms. The molecule has 0 saturated heterocycles. The highest BCUT2D eigenvalue weighted by Crippen LogP contribution is 2.37. The quantitative estimate of drug-likeness (QED) is 0.780. The number of nitrogens with zero attached hydrogens (tertiary/aromatic N) is 2. The minimum absolute atomic E-state index is 0.0410. The summed E-state index contributed by atoms with van der Waals surface area (Å²) in [4.78, 5) is 11.2. The lowest BCUT2D eigenvalue weighted by Crippen LogP contribution is -2.45. The Kier molecular flexibility index (Phi) is 4.78. The van der Waals surface area contributed by atoms with Gasteiger partial charge in [0.25, 0.3) is 0 Å². The van der Waals surface area contributed by atoms with Gasteiger partial charge in [0.1, 0.15) is 0 Å². The minimum atomic E-state index is -5.92. The van der Waals surface area contributed by atoms with E-state index in [4.69, 9.17) is 11.6 Å². The average Bonchev–Trinajstić information content (AvgIpc) is 2.64. The number of hydrogen-bond acceptors (Lipinski definition) is 2. The first-order valence-electron chi connectivity index (χ1n) is 5.78. The summed E-state index contributed by atoms with van der Waals surface area (Å²) >= 11 is 5.86. The van der Waals surface area contributed by atoms with Gasteiger partial charge in [-0.15, -0.1) is 0 Å². The molecule has 0 saturated carbocycles. The van der Waals surface area contributed by atoms with Crippen molar-refractivity contribution >= 4 is 17.4 Å². The second-order valence-corrected chi connectivity index (χ2v) is 4.43. The minimum Gasteiger partial charge on any atom is -0.292 e. The van der Waals surface area contributed by atoms with Crippen LogP contribution in [0.5, 0.6) is 0 Å². The molecule has 3 nitrogen and oxygen atoms in total. The monoisotopic (exact) mass is 318 g/mol. The second kappa shape index (κ2) is 5.67. The van der Waals surface area contributed by atoms with Crippen molar-refractivity contribution < 1.29 is 26.7 Å². The van der Waals surface area contributed by atoms with E-state index in [0.29, 0.717) is 12.1 Å². The number of Topliss-reactive ketones (excluding diaryl/α,β-unsaturated/α-hetero) is 1. The van der Waals surface area contributed by atoms with Crippen LogP contribution in [0.2, 0.25) is 5.02 Å². The molecule has 20 heavy (non-hydrogen) atoms. The van der Waals surface area contributed by atoms with E-state index in [9.17, 15) is 26.7 Å². The molecule has 0 aliphatic rings. The van der Waals surface area contributed by atoms with Gasteiger partial charge in [-0.2, -0.15) is 27.1 Å². The average molecular weight is 319 g/mol. The molecule has 0 amide bonds. The number of ketones is 1. The molecule has 0 N–H and O–H groups in total. The molecule has 0 aliphatic carbocycles. The molecule has 0 fully saturated rings. The first kappa shape index (κ1) is 16.9. The smallest absolute Gasteiger partial charge is 0.292 e. The third-order valence-electron chi connectivity index (χ3n) is 2.73. The number of rotatable bonds is 5. The van der Waals surface area contributed by atoms with Gasteiger partial charge in [-0.25, -0.2) is 0 Å². The Morgan fingerprint density at radius 3 is 2.20 bits per heavy atom. The Labute approximate surface area is 116 Å². The number of carbonyl (C=O) groups excluding carboxylic acids is 1. The molecule has 0 aromatic carbocycles. The second-order valence-electron chi connectivity index (χ2n) is 4.05. The van der Waals surface area contributed by atoms with E-state index in [1.807, 2.05) is 0 Å². The van der Waals surface area contributed by atoms with Crippen LogP contribution in [0.1, 0.15) is 25.2 Å². The molecule has 1 aromatic rings. The van der Waals surface area contributed by atoms with E-state index in [0.717, 1.165) is 4.68 Å². The van der Waals surface area contributed by atoms with Crippen LogP contribution in [0.25, 0.3) is 0 Å². The van der Waals surface area contributed by atoms with Gasteiger partial charge in [0.05, 0.1) is 22.8 Å². The van der Waals surface area contributed by atoms with Crippen LogP contribution in [0.15, 0.2) is 0 Å². The highest BCUT2D eigenvalue weighted by Gasteiger charge is 2.62. The lowest BCUT2D eigenvalue weighted by molar-refractivity contribution is -0.268. The lowest BCUT2D eigenvalue weighted by Gasteiger charge is -2.18. The Morgan fingerprint density at radius 2 is 1.80 bits per heavy atom. The van der Waals surface area contributed by atoms with Crippen LogP contribution in [0.4, 0.5) is 22.0 Å². The van der Waals surface area contributed by atoms with Gasteiger partial charge in [0, 0.05) is 6.54 Å². The molecule has 1 aromatic heterocycles. The number of halogens is 6.